The highest BCUT2D eigenvalue weighted by Crippen LogP contribution is 2.40. The summed E-state index contributed by atoms with van der Waals surface area (Å²) in [5, 5.41) is 9.03. The lowest BCUT2D eigenvalue weighted by Gasteiger charge is -2.28. The molecule has 0 unspecified atom stereocenters. The molecule has 142 valence electrons. The number of hydrogen-bond donors (Lipinski definition) is 2. The Labute approximate surface area is 144 Å². The zero-order valence-corrected chi connectivity index (χ0v) is 13.5. The Bertz CT molecular complexity index is 850. The molecule has 0 atom stereocenters. The summed E-state index contributed by atoms with van der Waals surface area (Å²) in [6.45, 7) is 0. The van der Waals surface area contributed by atoms with Gasteiger partial charge in [0.05, 0.1) is 11.3 Å². The van der Waals surface area contributed by atoms with Crippen LogP contribution in [0.2, 0.25) is 0 Å². The number of carboxylic acids is 1. The van der Waals surface area contributed by atoms with Crippen molar-refractivity contribution in [2.24, 2.45) is 5.92 Å². The molecule has 1 saturated carbocycles. The van der Waals surface area contributed by atoms with Crippen LogP contribution in [0.15, 0.2) is 12.1 Å². The number of halogens is 5. The number of rotatable bonds is 3. The average Bonchev–Trinajstić information content (AvgIpc) is 2.88. The van der Waals surface area contributed by atoms with Gasteiger partial charge >= 0.3 is 12.1 Å². The fourth-order valence-corrected chi connectivity index (χ4v) is 3.38. The summed E-state index contributed by atoms with van der Waals surface area (Å²) in [5.41, 5.74) is 3.87. The predicted octanol–water partition coefficient (Wildman–Crippen LogP) is 4.00. The van der Waals surface area contributed by atoms with Gasteiger partial charge in [-0.15, -0.1) is 0 Å². The van der Waals surface area contributed by atoms with Gasteiger partial charge in [0, 0.05) is 12.8 Å². The monoisotopic (exact) mass is 377 g/mol. The number of nitrogen functional groups attached to an aromatic ring is 1. The maximum absolute atomic E-state index is 13.4. The van der Waals surface area contributed by atoms with Crippen LogP contribution in [0.5, 0.6) is 0 Å². The van der Waals surface area contributed by atoms with E-state index < -0.39 is 23.8 Å². The Morgan fingerprint density at radius 1 is 1.31 bits per heavy atom. The van der Waals surface area contributed by atoms with E-state index in [1.165, 1.54) is 0 Å². The molecule has 1 fully saturated rings. The summed E-state index contributed by atoms with van der Waals surface area (Å²) in [7, 11) is 0. The minimum Gasteiger partial charge on any atom is -0.478 e. The first-order chi connectivity index (χ1) is 12.0. The molecule has 2 heterocycles. The number of aromatic carboxylic acids is 1. The third-order valence-corrected chi connectivity index (χ3v) is 4.68. The molecule has 3 rings (SSSR count). The highest BCUT2D eigenvalue weighted by molar-refractivity contribution is 5.90. The summed E-state index contributed by atoms with van der Waals surface area (Å²) in [4.78, 5) is 14.6. The predicted molar refractivity (Wildman–Crippen MR) is 82.2 cm³/mol. The van der Waals surface area contributed by atoms with Gasteiger partial charge in [0.15, 0.2) is 5.69 Å². The number of fused-ring (bicyclic) bond motifs is 1. The molecule has 0 aliphatic heterocycles. The lowest BCUT2D eigenvalue weighted by atomic mass is 9.83. The third-order valence-electron chi connectivity index (χ3n) is 4.68. The van der Waals surface area contributed by atoms with E-state index in [1.54, 1.807) is 0 Å². The number of pyridine rings is 1. The second-order valence-corrected chi connectivity index (χ2v) is 6.58. The normalized spacial score (nSPS) is 18.3. The average molecular weight is 377 g/mol. The number of nitrogens with zero attached hydrogens (tertiary/aromatic N) is 2. The number of alkyl halides is 5. The van der Waals surface area contributed by atoms with E-state index in [4.69, 9.17) is 10.8 Å². The smallest absolute Gasteiger partial charge is 0.435 e. The maximum Gasteiger partial charge on any atom is 0.435 e. The van der Waals surface area contributed by atoms with Gasteiger partial charge in [-0.1, -0.05) is 0 Å². The third kappa shape index (κ3) is 3.45. The molecule has 0 bridgehead atoms. The van der Waals surface area contributed by atoms with E-state index >= 15 is 0 Å². The van der Waals surface area contributed by atoms with Crippen molar-refractivity contribution in [3.63, 3.8) is 0 Å². The molecule has 1 aliphatic rings. The highest BCUT2D eigenvalue weighted by Gasteiger charge is 2.40. The summed E-state index contributed by atoms with van der Waals surface area (Å²) in [5.74, 6) is -4.67. The van der Waals surface area contributed by atoms with Gasteiger partial charge in [0.25, 0.3) is 0 Å². The number of nitrogens with two attached hydrogens (primary N) is 1. The Balaban J connectivity index is 2.06. The summed E-state index contributed by atoms with van der Waals surface area (Å²) in [6.07, 6.45) is -5.41. The molecule has 10 heteroatoms. The van der Waals surface area contributed by atoms with Crippen molar-refractivity contribution in [3.8, 4) is 0 Å². The summed E-state index contributed by atoms with van der Waals surface area (Å²) < 4.78 is 67.8. The number of aromatic nitrogens is 2. The highest BCUT2D eigenvalue weighted by atomic mass is 19.4. The lowest BCUT2D eigenvalue weighted by molar-refractivity contribution is -0.141. The van der Waals surface area contributed by atoms with Crippen LogP contribution in [-0.4, -0.2) is 26.4 Å². The first kappa shape index (κ1) is 18.4. The van der Waals surface area contributed by atoms with Gasteiger partial charge in [-0.3, -0.25) is 4.40 Å². The van der Waals surface area contributed by atoms with Crippen LogP contribution in [0.25, 0.3) is 5.65 Å². The van der Waals surface area contributed by atoms with Gasteiger partial charge in [0.1, 0.15) is 11.5 Å². The maximum atomic E-state index is 13.4. The second-order valence-electron chi connectivity index (χ2n) is 6.58. The number of carbonyl (C=O) groups is 1. The van der Waals surface area contributed by atoms with E-state index in [0.29, 0.717) is 0 Å². The van der Waals surface area contributed by atoms with Gasteiger partial charge in [-0.2, -0.15) is 13.2 Å². The Hall–Kier alpha value is -2.39. The van der Waals surface area contributed by atoms with E-state index in [-0.39, 0.29) is 60.7 Å². The van der Waals surface area contributed by atoms with Crippen molar-refractivity contribution in [1.82, 2.24) is 9.38 Å². The van der Waals surface area contributed by atoms with Gasteiger partial charge in [-0.05, 0) is 37.3 Å². The number of anilines is 1. The van der Waals surface area contributed by atoms with E-state index in [2.05, 4.69) is 4.98 Å². The van der Waals surface area contributed by atoms with E-state index in [9.17, 15) is 26.7 Å². The number of hydrogen-bond acceptors (Lipinski definition) is 3. The standard InChI is InChI=1S/C16H16F5N3O2/c17-15(18)3-1-8(2-4-15)5-10-13(16(19,20)21)23-12-7-9(14(25)26)6-11(22)24(10)12/h6-8H,1-5,22H2,(H,25,26). The molecule has 0 amide bonds. The minimum atomic E-state index is -4.77. The molecular weight excluding hydrogens is 361 g/mol. The molecule has 26 heavy (non-hydrogen) atoms. The molecule has 3 N–H and O–H groups in total. The van der Waals surface area contributed by atoms with Crippen molar-refractivity contribution in [1.29, 1.82) is 0 Å². The van der Waals surface area contributed by atoms with Gasteiger partial charge in [0.2, 0.25) is 5.92 Å². The Kier molecular flexibility index (Phi) is 4.32. The Morgan fingerprint density at radius 2 is 1.92 bits per heavy atom. The fraction of sp³-hybridized carbons (Fsp3) is 0.500. The molecule has 0 radical (unpaired) electrons. The van der Waals surface area contributed by atoms with Crippen LogP contribution >= 0.6 is 0 Å². The fourth-order valence-electron chi connectivity index (χ4n) is 3.38. The SMILES string of the molecule is Nc1cc(C(=O)O)cc2nc(C(F)(F)F)c(CC3CCC(F)(F)CC3)n12. The molecule has 2 aromatic rings. The van der Waals surface area contributed by atoms with E-state index in [1.807, 2.05) is 0 Å². The first-order valence-electron chi connectivity index (χ1n) is 7.97. The summed E-state index contributed by atoms with van der Waals surface area (Å²) in [6, 6.07) is 2.06. The van der Waals surface area contributed by atoms with E-state index in [0.717, 1.165) is 16.5 Å². The topological polar surface area (TPSA) is 80.6 Å². The van der Waals surface area contributed by atoms with Crippen LogP contribution in [0, 0.1) is 5.92 Å². The van der Waals surface area contributed by atoms with Crippen LogP contribution in [0.3, 0.4) is 0 Å². The van der Waals surface area contributed by atoms with Crippen LogP contribution < -0.4 is 5.73 Å². The number of imidazole rings is 1. The lowest BCUT2D eigenvalue weighted by Crippen LogP contribution is -2.26. The molecule has 1 aliphatic carbocycles. The molecule has 0 aromatic carbocycles. The largest absolute Gasteiger partial charge is 0.478 e. The van der Waals surface area contributed by atoms with Crippen molar-refractivity contribution in [3.05, 3.63) is 29.1 Å². The van der Waals surface area contributed by atoms with Crippen LogP contribution in [0.1, 0.15) is 47.4 Å². The molecule has 5 nitrogen and oxygen atoms in total. The minimum absolute atomic E-state index is 0.102. The van der Waals surface area contributed by atoms with Crippen molar-refractivity contribution >= 4 is 17.4 Å². The molecular formula is C16H16F5N3O2. The van der Waals surface area contributed by atoms with Crippen molar-refractivity contribution in [2.45, 2.75) is 44.2 Å². The zero-order valence-electron chi connectivity index (χ0n) is 13.5. The number of carboxylic acid groups (broad SMARTS) is 1. The van der Waals surface area contributed by atoms with Crippen LogP contribution in [-0.2, 0) is 12.6 Å². The van der Waals surface area contributed by atoms with Crippen LogP contribution in [0.4, 0.5) is 27.8 Å². The quantitative estimate of drug-likeness (QED) is 0.793. The second kappa shape index (κ2) is 6.10. The Morgan fingerprint density at radius 3 is 2.46 bits per heavy atom. The molecule has 0 saturated heterocycles. The molecule has 0 spiro atoms. The first-order valence-corrected chi connectivity index (χ1v) is 7.97. The van der Waals surface area contributed by atoms with Crippen molar-refractivity contribution in [2.75, 3.05) is 5.73 Å². The molecule has 2 aromatic heterocycles. The summed E-state index contributed by atoms with van der Waals surface area (Å²) >= 11 is 0. The zero-order chi connectivity index (χ0) is 19.3. The van der Waals surface area contributed by atoms with Gasteiger partial charge < -0.3 is 10.8 Å². The van der Waals surface area contributed by atoms with Crippen molar-refractivity contribution < 1.29 is 31.9 Å². The van der Waals surface area contributed by atoms with Gasteiger partial charge in [-0.25, -0.2) is 18.6 Å².